The zero-order chi connectivity index (χ0) is 24.0. The Morgan fingerprint density at radius 3 is 2.33 bits per heavy atom. The Bertz CT molecular complexity index is 1290. The molecule has 7 N–H and O–H groups in total. The molecular formula is C21H21N5O5S2. The van der Waals surface area contributed by atoms with Crippen LogP contribution in [0.25, 0.3) is 10.4 Å². The highest BCUT2D eigenvalue weighted by molar-refractivity contribution is 7.89. The maximum absolute atomic E-state index is 12.6. The predicted molar refractivity (Wildman–Crippen MR) is 126 cm³/mol. The summed E-state index contributed by atoms with van der Waals surface area (Å²) < 4.78 is 26.9. The summed E-state index contributed by atoms with van der Waals surface area (Å²) in [5.41, 5.74) is 12.2. The number of rotatable bonds is 9. The number of hydrogen-bond donors (Lipinski definition) is 5. The van der Waals surface area contributed by atoms with Crippen molar-refractivity contribution in [2.24, 2.45) is 16.5 Å². The van der Waals surface area contributed by atoms with Crippen LogP contribution in [0.4, 0.5) is 5.69 Å². The lowest BCUT2D eigenvalue weighted by atomic mass is 10.1. The fourth-order valence-electron chi connectivity index (χ4n) is 2.84. The van der Waals surface area contributed by atoms with Crippen LogP contribution in [0.15, 0.2) is 76.6 Å². The number of carboxylic acid groups (broad SMARTS) is 1. The Hall–Kier alpha value is -3.74. The van der Waals surface area contributed by atoms with E-state index in [9.17, 15) is 23.1 Å². The molecule has 0 radical (unpaired) electrons. The number of benzene rings is 2. The summed E-state index contributed by atoms with van der Waals surface area (Å²) in [5, 5.41) is 11.9. The minimum absolute atomic E-state index is 0.0788. The molecule has 0 saturated carbocycles. The van der Waals surface area contributed by atoms with Gasteiger partial charge in [0.25, 0.3) is 5.91 Å². The summed E-state index contributed by atoms with van der Waals surface area (Å²) in [4.78, 5) is 29.2. The Balaban J connectivity index is 1.71. The minimum atomic E-state index is -4.08. The zero-order valence-corrected chi connectivity index (χ0v) is 18.8. The molecule has 33 heavy (non-hydrogen) atoms. The number of amides is 1. The Kier molecular flexibility index (Phi) is 7.43. The van der Waals surface area contributed by atoms with Gasteiger partial charge in [0.05, 0.1) is 15.5 Å². The fraction of sp³-hybridized carbons (Fsp3) is 0.0952. The van der Waals surface area contributed by atoms with Gasteiger partial charge in [0.15, 0.2) is 5.96 Å². The number of thiophene rings is 1. The molecule has 0 unspecified atom stereocenters. The van der Waals surface area contributed by atoms with Gasteiger partial charge in [0, 0.05) is 17.0 Å². The van der Waals surface area contributed by atoms with Crippen molar-refractivity contribution < 1.29 is 23.1 Å². The number of carbonyl (C=O) groups excluding carboxylic acids is 1. The lowest BCUT2D eigenvalue weighted by Crippen LogP contribution is -2.48. The first-order valence-corrected chi connectivity index (χ1v) is 11.8. The molecule has 0 spiro atoms. The predicted octanol–water partition coefficient (Wildman–Crippen LogP) is 1.48. The number of aliphatic carboxylic acids is 1. The van der Waals surface area contributed by atoms with E-state index in [0.29, 0.717) is 16.1 Å². The molecule has 10 nitrogen and oxygen atoms in total. The highest BCUT2D eigenvalue weighted by atomic mass is 32.2. The van der Waals surface area contributed by atoms with Crippen LogP contribution >= 0.6 is 11.3 Å². The molecule has 3 rings (SSSR count). The van der Waals surface area contributed by atoms with Crippen molar-refractivity contribution in [3.8, 4) is 10.4 Å². The summed E-state index contributed by atoms with van der Waals surface area (Å²) in [6.07, 6.45) is 0. The fourth-order valence-corrected chi connectivity index (χ4v) is 5.01. The van der Waals surface area contributed by atoms with Crippen molar-refractivity contribution in [2.75, 3.05) is 6.54 Å². The maximum atomic E-state index is 12.6. The van der Waals surface area contributed by atoms with Crippen LogP contribution in [-0.2, 0) is 14.8 Å². The first-order chi connectivity index (χ1) is 15.7. The van der Waals surface area contributed by atoms with Crippen LogP contribution in [0.2, 0.25) is 0 Å². The quantitative estimate of drug-likeness (QED) is 0.224. The van der Waals surface area contributed by atoms with E-state index in [1.807, 2.05) is 0 Å². The average Bonchev–Trinajstić information content (AvgIpc) is 3.27. The third-order valence-electron chi connectivity index (χ3n) is 4.36. The number of nitrogens with one attached hydrogen (secondary N) is 2. The van der Waals surface area contributed by atoms with Crippen LogP contribution in [-0.4, -0.2) is 43.9 Å². The summed E-state index contributed by atoms with van der Waals surface area (Å²) >= 11 is 1.16. The van der Waals surface area contributed by atoms with Crippen molar-refractivity contribution in [1.29, 1.82) is 0 Å². The van der Waals surface area contributed by atoms with Crippen LogP contribution in [0.3, 0.4) is 0 Å². The van der Waals surface area contributed by atoms with Gasteiger partial charge in [-0.05, 0) is 30.3 Å². The smallest absolute Gasteiger partial charge is 0.323 e. The number of carbonyl (C=O) groups is 2. The highest BCUT2D eigenvalue weighted by Gasteiger charge is 2.26. The third-order valence-corrected chi connectivity index (χ3v) is 6.97. The molecule has 3 aromatic rings. The molecule has 1 aromatic heterocycles. The van der Waals surface area contributed by atoms with Gasteiger partial charge < -0.3 is 21.9 Å². The van der Waals surface area contributed by atoms with Gasteiger partial charge in [-0.25, -0.2) is 13.4 Å². The van der Waals surface area contributed by atoms with E-state index in [-0.39, 0.29) is 10.9 Å². The van der Waals surface area contributed by atoms with Gasteiger partial charge in [-0.15, -0.1) is 11.3 Å². The largest absolute Gasteiger partial charge is 0.480 e. The molecular weight excluding hydrogens is 466 g/mol. The summed E-state index contributed by atoms with van der Waals surface area (Å²) in [5.74, 6) is -2.07. The summed E-state index contributed by atoms with van der Waals surface area (Å²) in [6, 6.07) is 16.2. The first-order valence-electron chi connectivity index (χ1n) is 9.54. The number of carboxylic acids is 1. The summed E-state index contributed by atoms with van der Waals surface area (Å²) in [7, 11) is -4.08. The topological polar surface area (TPSA) is 177 Å². The molecule has 2 aromatic carbocycles. The Morgan fingerprint density at radius 2 is 1.67 bits per heavy atom. The average molecular weight is 488 g/mol. The molecule has 1 atom stereocenters. The number of hydrogen-bond acceptors (Lipinski definition) is 6. The first kappa shape index (κ1) is 23.9. The van der Waals surface area contributed by atoms with Gasteiger partial charge >= 0.3 is 5.97 Å². The molecule has 172 valence electrons. The van der Waals surface area contributed by atoms with Gasteiger partial charge in [-0.2, -0.15) is 4.72 Å². The van der Waals surface area contributed by atoms with E-state index < -0.39 is 34.5 Å². The Labute approximate surface area is 194 Å². The van der Waals surface area contributed by atoms with E-state index in [1.165, 1.54) is 24.3 Å². The minimum Gasteiger partial charge on any atom is -0.480 e. The monoisotopic (exact) mass is 487 g/mol. The number of sulfonamides is 1. The van der Waals surface area contributed by atoms with E-state index in [4.69, 9.17) is 11.5 Å². The zero-order valence-electron chi connectivity index (χ0n) is 17.1. The second kappa shape index (κ2) is 10.3. The highest BCUT2D eigenvalue weighted by Crippen LogP contribution is 2.35. The van der Waals surface area contributed by atoms with Gasteiger partial charge in [0.2, 0.25) is 10.0 Å². The maximum Gasteiger partial charge on any atom is 0.323 e. The second-order valence-electron chi connectivity index (χ2n) is 6.75. The molecule has 0 bridgehead atoms. The number of nitrogens with zero attached hydrogens (tertiary/aromatic N) is 1. The van der Waals surface area contributed by atoms with E-state index in [2.05, 4.69) is 15.0 Å². The van der Waals surface area contributed by atoms with Gasteiger partial charge in [0.1, 0.15) is 6.04 Å². The van der Waals surface area contributed by atoms with Gasteiger partial charge in [-0.1, -0.05) is 36.4 Å². The number of guanidine groups is 1. The van der Waals surface area contributed by atoms with Gasteiger partial charge in [-0.3, -0.25) is 9.59 Å². The van der Waals surface area contributed by atoms with E-state index in [0.717, 1.165) is 16.2 Å². The number of nitrogens with two attached hydrogens (primary N) is 2. The van der Waals surface area contributed by atoms with Crippen molar-refractivity contribution in [3.05, 3.63) is 71.6 Å². The SMILES string of the molecule is NC(N)=Nc1ccccc1-c1ccc(C(=O)NC[C@H](NS(=O)(=O)c2ccccc2)C(=O)O)s1. The van der Waals surface area contributed by atoms with Crippen molar-refractivity contribution in [3.63, 3.8) is 0 Å². The standard InChI is InChI=1S/C21H21N5O5S2/c22-21(23)25-15-9-5-4-8-14(15)17-10-11-18(32-17)19(27)24-12-16(20(28)29)26-33(30,31)13-6-2-1-3-7-13/h1-11,16,26H,12H2,(H,24,27)(H,28,29)(H4,22,23,25)/t16-/m0/s1. The molecule has 0 aliphatic rings. The van der Waals surface area contributed by atoms with Crippen LogP contribution in [0, 0.1) is 0 Å². The lowest BCUT2D eigenvalue weighted by molar-refractivity contribution is -0.138. The van der Waals surface area contributed by atoms with Crippen molar-refractivity contribution >= 4 is 44.9 Å². The van der Waals surface area contributed by atoms with Crippen molar-refractivity contribution in [2.45, 2.75) is 10.9 Å². The second-order valence-corrected chi connectivity index (χ2v) is 9.55. The normalized spacial score (nSPS) is 12.0. The van der Waals surface area contributed by atoms with Crippen molar-refractivity contribution in [1.82, 2.24) is 10.0 Å². The lowest BCUT2D eigenvalue weighted by Gasteiger charge is -2.15. The van der Waals surface area contributed by atoms with Crippen LogP contribution < -0.4 is 21.5 Å². The van der Waals surface area contributed by atoms with E-state index in [1.54, 1.807) is 42.5 Å². The molecule has 0 aliphatic carbocycles. The molecule has 0 saturated heterocycles. The molecule has 1 heterocycles. The molecule has 12 heteroatoms. The van der Waals surface area contributed by atoms with Crippen LogP contribution in [0.1, 0.15) is 9.67 Å². The van der Waals surface area contributed by atoms with Crippen LogP contribution in [0.5, 0.6) is 0 Å². The molecule has 1 amide bonds. The molecule has 0 fully saturated rings. The number of para-hydroxylation sites is 1. The Morgan fingerprint density at radius 1 is 1.00 bits per heavy atom. The third kappa shape index (κ3) is 6.16. The number of aliphatic imine (C=N–C) groups is 1. The molecule has 0 aliphatic heterocycles. The van der Waals surface area contributed by atoms with E-state index >= 15 is 0 Å². The summed E-state index contributed by atoms with van der Waals surface area (Å²) in [6.45, 7) is -0.446.